The molecule has 0 radical (unpaired) electrons. The molecule has 2 rings (SSSR count). The molecule has 1 fully saturated rings. The van der Waals surface area contributed by atoms with Crippen LogP contribution in [0.1, 0.15) is 5.56 Å². The quantitative estimate of drug-likeness (QED) is 0.279. The molecule has 2 amide bonds. The van der Waals surface area contributed by atoms with E-state index in [9.17, 15) is 24.0 Å². The van der Waals surface area contributed by atoms with Gasteiger partial charge in [-0.15, -0.1) is 0 Å². The zero-order chi connectivity index (χ0) is 26.0. The molecule has 0 unspecified atom stereocenters. The number of urea groups is 1. The van der Waals surface area contributed by atoms with Crippen LogP contribution in [0.4, 0.5) is 4.79 Å². The van der Waals surface area contributed by atoms with Crippen molar-refractivity contribution >= 4 is 47.4 Å². The van der Waals surface area contributed by atoms with Crippen LogP contribution in [0.3, 0.4) is 0 Å². The third-order valence-electron chi connectivity index (χ3n) is 4.64. The lowest BCUT2D eigenvalue weighted by Gasteiger charge is -2.22. The van der Waals surface area contributed by atoms with Gasteiger partial charge >= 0.3 is 29.9 Å². The Bertz CT molecular complexity index is 1080. The van der Waals surface area contributed by atoms with Crippen LogP contribution in [0.2, 0.25) is 0 Å². The minimum Gasteiger partial charge on any atom is -0.466 e. The van der Waals surface area contributed by atoms with E-state index in [4.69, 9.17) is 9.47 Å². The first-order chi connectivity index (χ1) is 16.8. The Morgan fingerprint density at radius 2 is 1.37 bits per heavy atom. The summed E-state index contributed by atoms with van der Waals surface area (Å²) in [4.78, 5) is 63.6. The normalized spacial score (nSPS) is 14.5. The molecule has 0 atom stereocenters. The molecule has 1 aromatic rings. The third-order valence-corrected chi connectivity index (χ3v) is 5.52. The molecule has 0 bridgehead atoms. The summed E-state index contributed by atoms with van der Waals surface area (Å²) >= 11 is 0.855. The van der Waals surface area contributed by atoms with Gasteiger partial charge in [0.15, 0.2) is 0 Å². The zero-order valence-electron chi connectivity index (χ0n) is 19.5. The molecule has 0 N–H and O–H groups in total. The van der Waals surface area contributed by atoms with Crippen LogP contribution in [-0.4, -0.2) is 81.2 Å². The number of amides is 2. The summed E-state index contributed by atoms with van der Waals surface area (Å²) in [5.41, 5.74) is 0.715. The SMILES string of the molecule is COC(=O)/C=C(\S/C=C(/c1ccccc1)N1CCN(/C(=C/C(=O)OC)C(=O)OC)C1=O)C(=O)OC. The van der Waals surface area contributed by atoms with E-state index in [1.165, 1.54) is 24.5 Å². The average molecular weight is 505 g/mol. The fourth-order valence-corrected chi connectivity index (χ4v) is 3.78. The topological polar surface area (TPSA) is 129 Å². The molecule has 11 nitrogen and oxygen atoms in total. The fraction of sp³-hybridized carbons (Fsp3) is 0.261. The van der Waals surface area contributed by atoms with Gasteiger partial charge in [-0.3, -0.25) is 9.80 Å². The molecule has 0 aromatic heterocycles. The lowest BCUT2D eigenvalue weighted by atomic mass is 10.1. The van der Waals surface area contributed by atoms with Crippen molar-refractivity contribution in [2.24, 2.45) is 0 Å². The average Bonchev–Trinajstić information content (AvgIpc) is 3.26. The fourth-order valence-electron chi connectivity index (χ4n) is 2.93. The Labute approximate surface area is 205 Å². The maximum absolute atomic E-state index is 13.3. The van der Waals surface area contributed by atoms with Crippen LogP contribution < -0.4 is 0 Å². The molecular formula is C23H24N2O9S. The first-order valence-electron chi connectivity index (χ1n) is 10.0. The number of ether oxygens (including phenoxy) is 4. The highest BCUT2D eigenvalue weighted by Gasteiger charge is 2.36. The van der Waals surface area contributed by atoms with Gasteiger partial charge in [0, 0.05) is 24.6 Å². The lowest BCUT2D eigenvalue weighted by molar-refractivity contribution is -0.139. The number of rotatable bonds is 9. The van der Waals surface area contributed by atoms with Crippen LogP contribution in [0.25, 0.3) is 5.70 Å². The van der Waals surface area contributed by atoms with Crippen molar-refractivity contribution in [3.05, 3.63) is 64.1 Å². The summed E-state index contributed by atoms with van der Waals surface area (Å²) < 4.78 is 18.6. The van der Waals surface area contributed by atoms with Crippen LogP contribution in [0.15, 0.2) is 58.5 Å². The number of hydrogen-bond acceptors (Lipinski definition) is 10. The molecule has 35 heavy (non-hydrogen) atoms. The maximum atomic E-state index is 13.3. The first-order valence-corrected chi connectivity index (χ1v) is 10.9. The smallest absolute Gasteiger partial charge is 0.355 e. The van der Waals surface area contributed by atoms with E-state index in [2.05, 4.69) is 9.47 Å². The summed E-state index contributed by atoms with van der Waals surface area (Å²) in [6.45, 7) is 0.206. The Kier molecular flexibility index (Phi) is 10.1. The number of benzene rings is 1. The second-order valence-electron chi connectivity index (χ2n) is 6.64. The van der Waals surface area contributed by atoms with Crippen molar-refractivity contribution in [3.8, 4) is 0 Å². The minimum atomic E-state index is -0.890. The highest BCUT2D eigenvalue weighted by molar-refractivity contribution is 8.06. The number of carbonyl (C=O) groups is 5. The van der Waals surface area contributed by atoms with Crippen molar-refractivity contribution in [2.45, 2.75) is 0 Å². The number of nitrogens with zero attached hydrogens (tertiary/aromatic N) is 2. The standard InChI is InChI=1S/C23H24N2O9S/c1-31-19(26)12-16(21(28)33-3)24-10-11-25(23(24)30)17(15-8-6-5-7-9-15)14-35-18(22(29)34-4)13-20(27)32-2/h5-9,12-14H,10-11H2,1-4H3/b16-12+,17-14-,18-13-. The Morgan fingerprint density at radius 1 is 0.800 bits per heavy atom. The number of esters is 4. The van der Waals surface area contributed by atoms with Gasteiger partial charge < -0.3 is 18.9 Å². The largest absolute Gasteiger partial charge is 0.466 e. The molecule has 1 aliphatic heterocycles. The summed E-state index contributed by atoms with van der Waals surface area (Å²) in [5.74, 6) is -3.25. The Hall–Kier alpha value is -4.06. The molecule has 0 saturated carbocycles. The van der Waals surface area contributed by atoms with E-state index < -0.39 is 29.9 Å². The molecule has 1 aliphatic rings. The molecule has 0 aliphatic carbocycles. The molecule has 1 saturated heterocycles. The second kappa shape index (κ2) is 13.0. The third kappa shape index (κ3) is 6.96. The molecule has 0 spiro atoms. The number of hydrogen-bond donors (Lipinski definition) is 0. The van der Waals surface area contributed by atoms with Crippen molar-refractivity contribution in [1.82, 2.24) is 9.80 Å². The number of thioether (sulfide) groups is 1. The molecule has 12 heteroatoms. The van der Waals surface area contributed by atoms with Gasteiger partial charge in [0.1, 0.15) is 10.6 Å². The summed E-state index contributed by atoms with van der Waals surface area (Å²) in [6, 6.07) is 8.19. The predicted molar refractivity (Wildman–Crippen MR) is 125 cm³/mol. The minimum absolute atomic E-state index is 0.0630. The summed E-state index contributed by atoms with van der Waals surface area (Å²) in [6.07, 6.45) is 1.85. The predicted octanol–water partition coefficient (Wildman–Crippen LogP) is 1.92. The van der Waals surface area contributed by atoms with Crippen molar-refractivity contribution < 1.29 is 42.9 Å². The van der Waals surface area contributed by atoms with E-state index in [1.807, 2.05) is 0 Å². The van der Waals surface area contributed by atoms with Crippen molar-refractivity contribution in [2.75, 3.05) is 41.5 Å². The van der Waals surface area contributed by atoms with E-state index >= 15 is 0 Å². The summed E-state index contributed by atoms with van der Waals surface area (Å²) in [7, 11) is 4.60. The van der Waals surface area contributed by atoms with Gasteiger partial charge in [0.05, 0.1) is 40.2 Å². The van der Waals surface area contributed by atoms with Gasteiger partial charge in [-0.25, -0.2) is 24.0 Å². The number of methoxy groups -OCH3 is 4. The highest BCUT2D eigenvalue weighted by atomic mass is 32.2. The summed E-state index contributed by atoms with van der Waals surface area (Å²) in [5, 5.41) is 1.50. The zero-order valence-corrected chi connectivity index (χ0v) is 20.3. The molecule has 1 heterocycles. The van der Waals surface area contributed by atoms with Crippen molar-refractivity contribution in [1.29, 1.82) is 0 Å². The molecule has 186 valence electrons. The van der Waals surface area contributed by atoms with E-state index in [0.29, 0.717) is 11.3 Å². The second-order valence-corrected chi connectivity index (χ2v) is 7.55. The monoisotopic (exact) mass is 504 g/mol. The van der Waals surface area contributed by atoms with E-state index in [0.717, 1.165) is 43.0 Å². The molecule has 1 aromatic carbocycles. The maximum Gasteiger partial charge on any atom is 0.355 e. The van der Waals surface area contributed by atoms with Gasteiger partial charge in [-0.1, -0.05) is 42.1 Å². The van der Waals surface area contributed by atoms with Crippen LogP contribution in [0, 0.1) is 0 Å². The van der Waals surface area contributed by atoms with Crippen LogP contribution in [0.5, 0.6) is 0 Å². The Morgan fingerprint density at radius 3 is 1.94 bits per heavy atom. The van der Waals surface area contributed by atoms with Crippen LogP contribution >= 0.6 is 11.8 Å². The first kappa shape index (κ1) is 27.2. The lowest BCUT2D eigenvalue weighted by Crippen LogP contribution is -2.34. The highest BCUT2D eigenvalue weighted by Crippen LogP contribution is 2.31. The molecular weight excluding hydrogens is 480 g/mol. The van der Waals surface area contributed by atoms with E-state index in [1.54, 1.807) is 30.3 Å². The van der Waals surface area contributed by atoms with E-state index in [-0.39, 0.29) is 23.7 Å². The Balaban J connectivity index is 2.48. The van der Waals surface area contributed by atoms with Crippen LogP contribution in [-0.2, 0) is 38.1 Å². The number of carbonyl (C=O) groups excluding carboxylic acids is 5. The van der Waals surface area contributed by atoms with Gasteiger partial charge in [-0.2, -0.15) is 0 Å². The van der Waals surface area contributed by atoms with Gasteiger partial charge in [0.25, 0.3) is 0 Å². The van der Waals surface area contributed by atoms with Gasteiger partial charge in [-0.05, 0) is 5.56 Å². The van der Waals surface area contributed by atoms with Crippen molar-refractivity contribution in [3.63, 3.8) is 0 Å². The van der Waals surface area contributed by atoms with Gasteiger partial charge in [0.2, 0.25) is 0 Å².